The first kappa shape index (κ1) is 19.3. The van der Waals surface area contributed by atoms with E-state index in [0.29, 0.717) is 23.4 Å². The van der Waals surface area contributed by atoms with Crippen LogP contribution in [0.1, 0.15) is 5.56 Å². The minimum Gasteiger partial charge on any atom is -0.493 e. The highest BCUT2D eigenvalue weighted by molar-refractivity contribution is 7.17. The molecular formula is C25H20N2O3S. The predicted molar refractivity (Wildman–Crippen MR) is 125 cm³/mol. The maximum atomic E-state index is 13.5. The van der Waals surface area contributed by atoms with E-state index in [1.165, 1.54) is 11.3 Å². The third-order valence-corrected chi connectivity index (χ3v) is 6.36. The van der Waals surface area contributed by atoms with Crippen LogP contribution in [-0.2, 0) is 6.54 Å². The molecule has 0 saturated heterocycles. The van der Waals surface area contributed by atoms with Crippen molar-refractivity contribution in [3.63, 3.8) is 0 Å². The Morgan fingerprint density at radius 1 is 0.968 bits per heavy atom. The Balaban J connectivity index is 1.63. The van der Waals surface area contributed by atoms with Gasteiger partial charge in [0, 0.05) is 10.9 Å². The Bertz CT molecular complexity index is 1460. The first-order valence-electron chi connectivity index (χ1n) is 9.85. The van der Waals surface area contributed by atoms with Crippen LogP contribution in [0.25, 0.3) is 32.1 Å². The fourth-order valence-corrected chi connectivity index (χ4v) is 4.82. The smallest absolute Gasteiger partial charge is 0.263 e. The summed E-state index contributed by atoms with van der Waals surface area (Å²) in [4.78, 5) is 18.8. The van der Waals surface area contributed by atoms with Crippen LogP contribution in [0.3, 0.4) is 0 Å². The van der Waals surface area contributed by atoms with Crippen LogP contribution < -0.4 is 15.0 Å². The van der Waals surface area contributed by atoms with Gasteiger partial charge in [-0.1, -0.05) is 48.5 Å². The molecule has 0 saturated carbocycles. The highest BCUT2D eigenvalue weighted by atomic mass is 32.1. The van der Waals surface area contributed by atoms with Crippen LogP contribution in [0.2, 0.25) is 0 Å². The molecule has 0 spiro atoms. The maximum absolute atomic E-state index is 13.5. The molecule has 0 aliphatic rings. The normalized spacial score (nSPS) is 11.2. The molecule has 154 valence electrons. The zero-order valence-corrected chi connectivity index (χ0v) is 18.0. The molecule has 0 radical (unpaired) electrons. The second-order valence-electron chi connectivity index (χ2n) is 7.22. The van der Waals surface area contributed by atoms with Crippen LogP contribution in [0.15, 0.2) is 77.2 Å². The molecule has 2 aromatic heterocycles. The number of ether oxygens (including phenoxy) is 2. The van der Waals surface area contributed by atoms with Crippen LogP contribution in [0, 0.1) is 0 Å². The first-order chi connectivity index (χ1) is 15.2. The van der Waals surface area contributed by atoms with E-state index in [1.54, 1.807) is 25.1 Å². The molecule has 0 fully saturated rings. The lowest BCUT2D eigenvalue weighted by Gasteiger charge is -2.10. The summed E-state index contributed by atoms with van der Waals surface area (Å²) in [7, 11) is 3.21. The SMILES string of the molecule is COc1ccc(-c2csc3ncn(Cc4cccc5ccccc45)c(=O)c23)cc1OC. The summed E-state index contributed by atoms with van der Waals surface area (Å²) in [5, 5.41) is 4.90. The van der Waals surface area contributed by atoms with Gasteiger partial charge in [-0.05, 0) is 34.0 Å². The van der Waals surface area contributed by atoms with Gasteiger partial charge < -0.3 is 9.47 Å². The molecule has 0 bridgehead atoms. The van der Waals surface area contributed by atoms with Crippen LogP contribution in [-0.4, -0.2) is 23.8 Å². The van der Waals surface area contributed by atoms with Crippen molar-refractivity contribution in [3.05, 3.63) is 88.3 Å². The molecule has 31 heavy (non-hydrogen) atoms. The van der Waals surface area contributed by atoms with E-state index < -0.39 is 0 Å². The van der Waals surface area contributed by atoms with E-state index in [2.05, 4.69) is 29.2 Å². The van der Waals surface area contributed by atoms with Gasteiger partial charge in [-0.3, -0.25) is 9.36 Å². The average Bonchev–Trinajstić information content (AvgIpc) is 3.25. The van der Waals surface area contributed by atoms with Gasteiger partial charge in [0.05, 0.1) is 32.5 Å². The zero-order chi connectivity index (χ0) is 21.4. The molecule has 0 unspecified atom stereocenters. The molecule has 0 N–H and O–H groups in total. The topological polar surface area (TPSA) is 53.4 Å². The Morgan fingerprint density at radius 3 is 2.61 bits per heavy atom. The fourth-order valence-electron chi connectivity index (χ4n) is 3.91. The van der Waals surface area contributed by atoms with Crippen molar-refractivity contribution in [1.29, 1.82) is 0 Å². The summed E-state index contributed by atoms with van der Waals surface area (Å²) in [5.74, 6) is 1.27. The molecular weight excluding hydrogens is 408 g/mol. The Hall–Kier alpha value is -3.64. The minimum atomic E-state index is -0.0519. The third-order valence-electron chi connectivity index (χ3n) is 5.48. The first-order valence-corrected chi connectivity index (χ1v) is 10.7. The summed E-state index contributed by atoms with van der Waals surface area (Å²) in [6, 6.07) is 20.0. The summed E-state index contributed by atoms with van der Waals surface area (Å²) in [6.07, 6.45) is 1.64. The van der Waals surface area contributed by atoms with E-state index in [0.717, 1.165) is 32.3 Å². The molecule has 5 nitrogen and oxygen atoms in total. The van der Waals surface area contributed by atoms with Gasteiger partial charge in [0.25, 0.3) is 5.56 Å². The maximum Gasteiger partial charge on any atom is 0.263 e. The summed E-state index contributed by atoms with van der Waals surface area (Å²) in [6.45, 7) is 0.463. The standard InChI is InChI=1S/C25H20N2O3S/c1-29-21-11-10-17(12-22(21)30-2)20-14-31-24-23(20)25(28)27(15-26-24)13-18-8-5-7-16-6-3-4-9-19(16)18/h3-12,14-15H,13H2,1-2H3. The molecule has 0 aliphatic carbocycles. The zero-order valence-electron chi connectivity index (χ0n) is 17.2. The van der Waals surface area contributed by atoms with Crippen LogP contribution in [0.5, 0.6) is 11.5 Å². The van der Waals surface area contributed by atoms with Crippen LogP contribution in [0.4, 0.5) is 0 Å². The number of hydrogen-bond donors (Lipinski definition) is 0. The van der Waals surface area contributed by atoms with Crippen molar-refractivity contribution in [1.82, 2.24) is 9.55 Å². The van der Waals surface area contributed by atoms with E-state index >= 15 is 0 Å². The number of methoxy groups -OCH3 is 2. The highest BCUT2D eigenvalue weighted by Crippen LogP contribution is 2.36. The summed E-state index contributed by atoms with van der Waals surface area (Å²) < 4.78 is 12.5. The molecule has 0 atom stereocenters. The van der Waals surface area contributed by atoms with Crippen molar-refractivity contribution in [2.24, 2.45) is 0 Å². The lowest BCUT2D eigenvalue weighted by Crippen LogP contribution is -2.21. The van der Waals surface area contributed by atoms with E-state index in [1.807, 2.05) is 41.8 Å². The van der Waals surface area contributed by atoms with Crippen molar-refractivity contribution < 1.29 is 9.47 Å². The van der Waals surface area contributed by atoms with E-state index in [-0.39, 0.29) is 5.56 Å². The van der Waals surface area contributed by atoms with E-state index in [4.69, 9.17) is 9.47 Å². The van der Waals surface area contributed by atoms with Gasteiger partial charge in [0.2, 0.25) is 0 Å². The third kappa shape index (κ3) is 3.35. The van der Waals surface area contributed by atoms with Gasteiger partial charge >= 0.3 is 0 Å². The molecule has 6 heteroatoms. The average molecular weight is 429 g/mol. The number of aromatic nitrogens is 2. The molecule has 5 rings (SSSR count). The highest BCUT2D eigenvalue weighted by Gasteiger charge is 2.16. The second kappa shape index (κ2) is 7.89. The Morgan fingerprint density at radius 2 is 1.77 bits per heavy atom. The number of nitrogens with zero attached hydrogens (tertiary/aromatic N) is 2. The monoisotopic (exact) mass is 428 g/mol. The predicted octanol–water partition coefficient (Wildman–Crippen LogP) is 5.34. The quantitative estimate of drug-likeness (QED) is 0.379. The minimum absolute atomic E-state index is 0.0519. The number of fused-ring (bicyclic) bond motifs is 2. The van der Waals surface area contributed by atoms with Crippen molar-refractivity contribution >= 4 is 32.3 Å². The van der Waals surface area contributed by atoms with Crippen LogP contribution >= 0.6 is 11.3 Å². The number of benzene rings is 3. The molecule has 0 amide bonds. The van der Waals surface area contributed by atoms with E-state index in [9.17, 15) is 4.79 Å². The second-order valence-corrected chi connectivity index (χ2v) is 8.07. The van der Waals surface area contributed by atoms with Gasteiger partial charge in [-0.15, -0.1) is 11.3 Å². The number of hydrogen-bond acceptors (Lipinski definition) is 5. The number of rotatable bonds is 5. The van der Waals surface area contributed by atoms with Crippen molar-refractivity contribution in [3.8, 4) is 22.6 Å². The van der Waals surface area contributed by atoms with Gasteiger partial charge in [-0.25, -0.2) is 4.98 Å². The lowest BCUT2D eigenvalue weighted by molar-refractivity contribution is 0.355. The van der Waals surface area contributed by atoms with Crippen molar-refractivity contribution in [2.75, 3.05) is 14.2 Å². The Labute approximate surface area is 183 Å². The van der Waals surface area contributed by atoms with Gasteiger partial charge in [0.15, 0.2) is 11.5 Å². The summed E-state index contributed by atoms with van der Waals surface area (Å²) in [5.41, 5.74) is 2.78. The van der Waals surface area contributed by atoms with Crippen molar-refractivity contribution in [2.45, 2.75) is 6.54 Å². The molecule has 5 aromatic rings. The molecule has 2 heterocycles. The Kier molecular flexibility index (Phi) is 4.92. The molecule has 0 aliphatic heterocycles. The lowest BCUT2D eigenvalue weighted by atomic mass is 10.0. The number of thiophene rings is 1. The fraction of sp³-hybridized carbons (Fsp3) is 0.120. The summed E-state index contributed by atoms with van der Waals surface area (Å²) >= 11 is 1.47. The largest absolute Gasteiger partial charge is 0.493 e. The van der Waals surface area contributed by atoms with Gasteiger partial charge in [0.1, 0.15) is 4.83 Å². The van der Waals surface area contributed by atoms with Gasteiger partial charge in [-0.2, -0.15) is 0 Å². The molecule has 3 aromatic carbocycles.